The summed E-state index contributed by atoms with van der Waals surface area (Å²) in [6, 6.07) is 0.535. The van der Waals surface area contributed by atoms with Gasteiger partial charge in [-0.15, -0.1) is 0 Å². The monoisotopic (exact) mass is 201 g/mol. The van der Waals surface area contributed by atoms with Crippen LogP contribution in [0.15, 0.2) is 0 Å². The predicted molar refractivity (Wildman–Crippen MR) is 57.5 cm³/mol. The number of nitrogens with one attached hydrogen (secondary N) is 1. The fourth-order valence-corrected chi connectivity index (χ4v) is 1.55. The summed E-state index contributed by atoms with van der Waals surface area (Å²) in [6.07, 6.45) is 2.78. The van der Waals surface area contributed by atoms with Crippen LogP contribution >= 0.6 is 0 Å². The molecule has 0 amide bonds. The number of rotatable bonds is 6. The van der Waals surface area contributed by atoms with Gasteiger partial charge in [-0.1, -0.05) is 20.8 Å². The summed E-state index contributed by atoms with van der Waals surface area (Å²) in [7, 11) is 0. The van der Waals surface area contributed by atoms with Crippen molar-refractivity contribution >= 4 is 0 Å². The van der Waals surface area contributed by atoms with E-state index in [9.17, 15) is 0 Å². The van der Waals surface area contributed by atoms with Crippen LogP contribution in [-0.2, 0) is 9.47 Å². The van der Waals surface area contributed by atoms with Gasteiger partial charge in [-0.2, -0.15) is 0 Å². The summed E-state index contributed by atoms with van der Waals surface area (Å²) < 4.78 is 11.2. The molecule has 84 valence electrons. The van der Waals surface area contributed by atoms with E-state index in [0.717, 1.165) is 32.6 Å². The standard InChI is InChI=1S/C11H23NO2/c1-4-10(7-12-9(2)3)14-11-5-6-13-8-11/h9-12H,4-8H2,1-3H3. The molecule has 3 nitrogen and oxygen atoms in total. The molecule has 14 heavy (non-hydrogen) atoms. The second kappa shape index (κ2) is 6.38. The van der Waals surface area contributed by atoms with Crippen molar-refractivity contribution in [2.45, 2.75) is 51.9 Å². The van der Waals surface area contributed by atoms with E-state index in [1.807, 2.05) is 0 Å². The molecule has 1 aliphatic rings. The Hall–Kier alpha value is -0.120. The van der Waals surface area contributed by atoms with Crippen molar-refractivity contribution in [2.75, 3.05) is 19.8 Å². The lowest BCUT2D eigenvalue weighted by molar-refractivity contribution is -0.0170. The van der Waals surface area contributed by atoms with Gasteiger partial charge in [-0.25, -0.2) is 0 Å². The van der Waals surface area contributed by atoms with Crippen molar-refractivity contribution in [3.63, 3.8) is 0 Å². The number of hydrogen-bond acceptors (Lipinski definition) is 3. The van der Waals surface area contributed by atoms with E-state index in [2.05, 4.69) is 26.1 Å². The lowest BCUT2D eigenvalue weighted by Gasteiger charge is -2.21. The lowest BCUT2D eigenvalue weighted by atomic mass is 10.2. The van der Waals surface area contributed by atoms with Crippen molar-refractivity contribution in [1.29, 1.82) is 0 Å². The molecule has 0 aromatic rings. The zero-order chi connectivity index (χ0) is 10.4. The SMILES string of the molecule is CCC(CNC(C)C)OC1CCOC1. The Kier molecular flexibility index (Phi) is 5.45. The molecule has 0 aromatic carbocycles. The minimum absolute atomic E-state index is 0.328. The quantitative estimate of drug-likeness (QED) is 0.707. The molecule has 1 rings (SSSR count). The summed E-state index contributed by atoms with van der Waals surface area (Å²) in [4.78, 5) is 0. The molecular weight excluding hydrogens is 178 g/mol. The fraction of sp³-hybridized carbons (Fsp3) is 1.00. The summed E-state index contributed by atoms with van der Waals surface area (Å²) >= 11 is 0. The van der Waals surface area contributed by atoms with Crippen molar-refractivity contribution in [2.24, 2.45) is 0 Å². The zero-order valence-corrected chi connectivity index (χ0v) is 9.58. The van der Waals surface area contributed by atoms with Crippen LogP contribution in [0, 0.1) is 0 Å². The molecule has 2 unspecified atom stereocenters. The van der Waals surface area contributed by atoms with Gasteiger partial charge < -0.3 is 14.8 Å². The Morgan fingerprint density at radius 3 is 2.79 bits per heavy atom. The molecule has 1 aliphatic heterocycles. The first-order valence-corrected chi connectivity index (χ1v) is 5.69. The Bertz CT molecular complexity index is 144. The Morgan fingerprint density at radius 2 is 2.29 bits per heavy atom. The van der Waals surface area contributed by atoms with Crippen molar-refractivity contribution in [3.05, 3.63) is 0 Å². The van der Waals surface area contributed by atoms with E-state index < -0.39 is 0 Å². The molecule has 1 N–H and O–H groups in total. The van der Waals surface area contributed by atoms with E-state index in [4.69, 9.17) is 9.47 Å². The first kappa shape index (κ1) is 12.0. The zero-order valence-electron chi connectivity index (χ0n) is 9.58. The molecule has 2 atom stereocenters. The summed E-state index contributed by atoms with van der Waals surface area (Å²) in [5, 5.41) is 3.40. The Morgan fingerprint density at radius 1 is 1.50 bits per heavy atom. The Labute approximate surface area is 87.2 Å². The summed E-state index contributed by atoms with van der Waals surface area (Å²) in [5.41, 5.74) is 0. The molecular formula is C11H23NO2. The summed E-state index contributed by atoms with van der Waals surface area (Å²) in [6.45, 7) is 9.07. The predicted octanol–water partition coefficient (Wildman–Crippen LogP) is 1.57. The second-order valence-electron chi connectivity index (χ2n) is 4.21. The molecule has 1 fully saturated rings. The van der Waals surface area contributed by atoms with Crippen LogP contribution in [0.3, 0.4) is 0 Å². The third kappa shape index (κ3) is 4.40. The van der Waals surface area contributed by atoms with Gasteiger partial charge >= 0.3 is 0 Å². The maximum absolute atomic E-state index is 5.92. The molecule has 0 radical (unpaired) electrons. The first-order chi connectivity index (χ1) is 6.72. The fourth-order valence-electron chi connectivity index (χ4n) is 1.55. The maximum Gasteiger partial charge on any atom is 0.0834 e. The molecule has 1 heterocycles. The number of hydrogen-bond donors (Lipinski definition) is 1. The third-order valence-electron chi connectivity index (χ3n) is 2.48. The smallest absolute Gasteiger partial charge is 0.0834 e. The Balaban J connectivity index is 2.16. The third-order valence-corrected chi connectivity index (χ3v) is 2.48. The van der Waals surface area contributed by atoms with Crippen LogP contribution in [0.5, 0.6) is 0 Å². The highest BCUT2D eigenvalue weighted by atomic mass is 16.5. The van der Waals surface area contributed by atoms with Gasteiger partial charge in [-0.05, 0) is 12.8 Å². The van der Waals surface area contributed by atoms with Gasteiger partial charge in [0.2, 0.25) is 0 Å². The van der Waals surface area contributed by atoms with Crippen LogP contribution in [0.4, 0.5) is 0 Å². The molecule has 1 saturated heterocycles. The number of ether oxygens (including phenoxy) is 2. The van der Waals surface area contributed by atoms with E-state index in [-0.39, 0.29) is 0 Å². The van der Waals surface area contributed by atoms with Crippen molar-refractivity contribution in [3.8, 4) is 0 Å². The average Bonchev–Trinajstić information content (AvgIpc) is 2.64. The lowest BCUT2D eigenvalue weighted by Crippen LogP contribution is -2.35. The molecule has 3 heteroatoms. The van der Waals surface area contributed by atoms with Gasteiger partial charge in [-0.3, -0.25) is 0 Å². The topological polar surface area (TPSA) is 30.5 Å². The summed E-state index contributed by atoms with van der Waals surface area (Å²) in [5.74, 6) is 0. The van der Waals surface area contributed by atoms with E-state index in [0.29, 0.717) is 18.2 Å². The van der Waals surface area contributed by atoms with Gasteiger partial charge in [0, 0.05) is 19.2 Å². The van der Waals surface area contributed by atoms with Crippen LogP contribution in [0.1, 0.15) is 33.6 Å². The van der Waals surface area contributed by atoms with E-state index >= 15 is 0 Å². The molecule has 0 bridgehead atoms. The second-order valence-corrected chi connectivity index (χ2v) is 4.21. The minimum atomic E-state index is 0.328. The first-order valence-electron chi connectivity index (χ1n) is 5.69. The highest BCUT2D eigenvalue weighted by molar-refractivity contribution is 4.69. The average molecular weight is 201 g/mol. The van der Waals surface area contributed by atoms with Gasteiger partial charge in [0.15, 0.2) is 0 Å². The van der Waals surface area contributed by atoms with Gasteiger partial charge in [0.1, 0.15) is 0 Å². The van der Waals surface area contributed by atoms with Crippen LogP contribution in [-0.4, -0.2) is 38.0 Å². The molecule has 0 aliphatic carbocycles. The van der Waals surface area contributed by atoms with Crippen LogP contribution in [0.25, 0.3) is 0 Å². The van der Waals surface area contributed by atoms with Crippen molar-refractivity contribution in [1.82, 2.24) is 5.32 Å². The van der Waals surface area contributed by atoms with Crippen LogP contribution in [0.2, 0.25) is 0 Å². The maximum atomic E-state index is 5.92. The molecule has 0 aromatic heterocycles. The van der Waals surface area contributed by atoms with Crippen molar-refractivity contribution < 1.29 is 9.47 Å². The van der Waals surface area contributed by atoms with E-state index in [1.165, 1.54) is 0 Å². The highest BCUT2D eigenvalue weighted by Gasteiger charge is 2.19. The molecule has 0 saturated carbocycles. The van der Waals surface area contributed by atoms with E-state index in [1.54, 1.807) is 0 Å². The molecule has 0 spiro atoms. The largest absolute Gasteiger partial charge is 0.379 e. The minimum Gasteiger partial charge on any atom is -0.379 e. The van der Waals surface area contributed by atoms with Gasteiger partial charge in [0.05, 0.1) is 18.8 Å². The highest BCUT2D eigenvalue weighted by Crippen LogP contribution is 2.12. The van der Waals surface area contributed by atoms with Crippen LogP contribution < -0.4 is 5.32 Å². The van der Waals surface area contributed by atoms with Gasteiger partial charge in [0.25, 0.3) is 0 Å². The normalized spacial score (nSPS) is 24.4.